The van der Waals surface area contributed by atoms with Crippen molar-refractivity contribution in [2.45, 2.75) is 12.8 Å². The van der Waals surface area contributed by atoms with Gasteiger partial charge in [0.1, 0.15) is 0 Å². The summed E-state index contributed by atoms with van der Waals surface area (Å²) in [7, 11) is 2.12. The van der Waals surface area contributed by atoms with Crippen molar-refractivity contribution in [3.05, 3.63) is 11.8 Å². The lowest BCUT2D eigenvalue weighted by Crippen LogP contribution is -2.15. The van der Waals surface area contributed by atoms with E-state index in [0.717, 1.165) is 13.0 Å². The topological polar surface area (TPSA) is 29.3 Å². The average Bonchev–Trinajstić information content (AvgIpc) is 2.18. The van der Waals surface area contributed by atoms with Crippen LogP contribution >= 0.6 is 0 Å². The predicted octanol–water partition coefficient (Wildman–Crippen LogP) is 0.555. The Balaban J connectivity index is 2.38. The number of rotatable bonds is 2. The summed E-state index contributed by atoms with van der Waals surface area (Å²) in [5.41, 5.74) is 6.82. The Kier molecular flexibility index (Phi) is 2.11. The van der Waals surface area contributed by atoms with E-state index in [4.69, 9.17) is 5.73 Å². The molecule has 0 fully saturated rings. The molecule has 0 aromatic carbocycles. The molecule has 0 aromatic rings. The van der Waals surface area contributed by atoms with Crippen LogP contribution in [0, 0.1) is 0 Å². The van der Waals surface area contributed by atoms with E-state index in [1.165, 1.54) is 18.7 Å². The molecule has 2 N–H and O–H groups in total. The van der Waals surface area contributed by atoms with E-state index in [1.807, 2.05) is 0 Å². The van der Waals surface area contributed by atoms with Crippen LogP contribution in [0.25, 0.3) is 0 Å². The Morgan fingerprint density at radius 2 is 2.56 bits per heavy atom. The lowest BCUT2D eigenvalue weighted by Gasteiger charge is -2.14. The fraction of sp³-hybridized carbons (Fsp3) is 0.714. The van der Waals surface area contributed by atoms with Gasteiger partial charge in [0.2, 0.25) is 0 Å². The first kappa shape index (κ1) is 6.62. The van der Waals surface area contributed by atoms with Gasteiger partial charge in [-0.1, -0.05) is 6.08 Å². The maximum absolute atomic E-state index is 5.40. The molecular weight excluding hydrogens is 112 g/mol. The second-order valence-corrected chi connectivity index (χ2v) is 2.44. The van der Waals surface area contributed by atoms with Gasteiger partial charge in [-0.2, -0.15) is 0 Å². The van der Waals surface area contributed by atoms with E-state index in [0.29, 0.717) is 0 Å². The third-order valence-corrected chi connectivity index (χ3v) is 1.74. The first-order valence-electron chi connectivity index (χ1n) is 3.45. The lowest BCUT2D eigenvalue weighted by atomic mass is 10.3. The molecule has 0 aliphatic carbocycles. The molecule has 0 bridgehead atoms. The molecule has 0 saturated heterocycles. The van der Waals surface area contributed by atoms with Gasteiger partial charge < -0.3 is 10.6 Å². The van der Waals surface area contributed by atoms with Crippen molar-refractivity contribution in [1.82, 2.24) is 4.90 Å². The molecule has 0 aromatic heterocycles. The van der Waals surface area contributed by atoms with E-state index >= 15 is 0 Å². The SMILES string of the molecule is CN1CCC=C1CCN. The van der Waals surface area contributed by atoms with Gasteiger partial charge in [0.25, 0.3) is 0 Å². The van der Waals surface area contributed by atoms with Gasteiger partial charge in [-0.25, -0.2) is 0 Å². The molecule has 1 heterocycles. The van der Waals surface area contributed by atoms with Gasteiger partial charge in [0.05, 0.1) is 0 Å². The van der Waals surface area contributed by atoms with Crippen molar-refractivity contribution in [3.8, 4) is 0 Å². The predicted molar refractivity (Wildman–Crippen MR) is 39.0 cm³/mol. The normalized spacial score (nSPS) is 18.4. The Bertz CT molecular complexity index is 118. The standard InChI is InChI=1S/C7H14N2/c1-9-6-2-3-7(9)4-5-8/h3H,2,4-6,8H2,1H3. The molecule has 2 heteroatoms. The van der Waals surface area contributed by atoms with Crippen molar-refractivity contribution in [2.75, 3.05) is 20.1 Å². The maximum atomic E-state index is 5.40. The van der Waals surface area contributed by atoms with E-state index < -0.39 is 0 Å². The van der Waals surface area contributed by atoms with Crippen molar-refractivity contribution in [3.63, 3.8) is 0 Å². The smallest absolute Gasteiger partial charge is 0.0207 e. The zero-order valence-corrected chi connectivity index (χ0v) is 5.93. The molecule has 52 valence electrons. The molecule has 1 rings (SSSR count). The van der Waals surface area contributed by atoms with Gasteiger partial charge in [-0.05, 0) is 19.4 Å². The highest BCUT2D eigenvalue weighted by Gasteiger charge is 2.07. The van der Waals surface area contributed by atoms with Gasteiger partial charge >= 0.3 is 0 Å². The van der Waals surface area contributed by atoms with Crippen LogP contribution in [0.3, 0.4) is 0 Å². The van der Waals surface area contributed by atoms with Crippen LogP contribution < -0.4 is 5.73 Å². The van der Waals surface area contributed by atoms with Crippen LogP contribution in [0.2, 0.25) is 0 Å². The summed E-state index contributed by atoms with van der Waals surface area (Å²) in [5.74, 6) is 0. The summed E-state index contributed by atoms with van der Waals surface area (Å²) in [4.78, 5) is 2.27. The number of hydrogen-bond donors (Lipinski definition) is 1. The molecular formula is C7H14N2. The van der Waals surface area contributed by atoms with E-state index in [-0.39, 0.29) is 0 Å². The second kappa shape index (κ2) is 2.87. The van der Waals surface area contributed by atoms with E-state index in [9.17, 15) is 0 Å². The Morgan fingerprint density at radius 1 is 1.78 bits per heavy atom. The molecule has 0 radical (unpaired) electrons. The Labute approximate surface area is 56.3 Å². The third kappa shape index (κ3) is 1.45. The molecule has 0 atom stereocenters. The quantitative estimate of drug-likeness (QED) is 0.585. The molecule has 0 spiro atoms. The fourth-order valence-corrected chi connectivity index (χ4v) is 1.17. The highest BCUT2D eigenvalue weighted by molar-refractivity contribution is 5.06. The summed E-state index contributed by atoms with van der Waals surface area (Å²) in [6.45, 7) is 1.95. The molecule has 1 aliphatic rings. The molecule has 9 heavy (non-hydrogen) atoms. The summed E-state index contributed by atoms with van der Waals surface area (Å²) < 4.78 is 0. The summed E-state index contributed by atoms with van der Waals surface area (Å²) in [6.07, 6.45) is 4.51. The molecule has 1 aliphatic heterocycles. The largest absolute Gasteiger partial charge is 0.378 e. The van der Waals surface area contributed by atoms with E-state index in [1.54, 1.807) is 0 Å². The zero-order chi connectivity index (χ0) is 6.69. The van der Waals surface area contributed by atoms with Crippen molar-refractivity contribution in [1.29, 1.82) is 0 Å². The van der Waals surface area contributed by atoms with Crippen molar-refractivity contribution >= 4 is 0 Å². The molecule has 0 amide bonds. The fourth-order valence-electron chi connectivity index (χ4n) is 1.17. The average molecular weight is 126 g/mol. The maximum Gasteiger partial charge on any atom is 0.0207 e. The van der Waals surface area contributed by atoms with Crippen molar-refractivity contribution < 1.29 is 0 Å². The van der Waals surface area contributed by atoms with Crippen LogP contribution in [-0.2, 0) is 0 Å². The third-order valence-electron chi connectivity index (χ3n) is 1.74. The minimum Gasteiger partial charge on any atom is -0.378 e. The molecule has 0 unspecified atom stereocenters. The van der Waals surface area contributed by atoms with Crippen LogP contribution in [0.15, 0.2) is 11.8 Å². The number of hydrogen-bond acceptors (Lipinski definition) is 2. The Hall–Kier alpha value is -0.500. The molecule has 0 saturated carbocycles. The van der Waals surface area contributed by atoms with Gasteiger partial charge in [-0.3, -0.25) is 0 Å². The molecule has 2 nitrogen and oxygen atoms in total. The van der Waals surface area contributed by atoms with Crippen LogP contribution in [0.4, 0.5) is 0 Å². The van der Waals surface area contributed by atoms with Crippen LogP contribution in [0.5, 0.6) is 0 Å². The van der Waals surface area contributed by atoms with Gasteiger partial charge in [-0.15, -0.1) is 0 Å². The first-order valence-corrected chi connectivity index (χ1v) is 3.45. The highest BCUT2D eigenvalue weighted by atomic mass is 15.1. The van der Waals surface area contributed by atoms with Crippen molar-refractivity contribution in [2.24, 2.45) is 5.73 Å². The zero-order valence-electron chi connectivity index (χ0n) is 5.93. The minimum atomic E-state index is 0.774. The van der Waals surface area contributed by atoms with E-state index in [2.05, 4.69) is 18.0 Å². The number of nitrogens with zero attached hydrogens (tertiary/aromatic N) is 1. The van der Waals surface area contributed by atoms with Crippen LogP contribution in [-0.4, -0.2) is 25.0 Å². The first-order chi connectivity index (χ1) is 4.34. The monoisotopic (exact) mass is 126 g/mol. The van der Waals surface area contributed by atoms with Crippen LogP contribution in [0.1, 0.15) is 12.8 Å². The summed E-state index contributed by atoms with van der Waals surface area (Å²) in [6, 6.07) is 0. The number of nitrogens with two attached hydrogens (primary N) is 1. The Morgan fingerprint density at radius 3 is 3.00 bits per heavy atom. The van der Waals surface area contributed by atoms with Gasteiger partial charge in [0, 0.05) is 19.3 Å². The minimum absolute atomic E-state index is 0.774. The summed E-state index contributed by atoms with van der Waals surface area (Å²) in [5, 5.41) is 0. The lowest BCUT2D eigenvalue weighted by molar-refractivity contribution is 0.443. The summed E-state index contributed by atoms with van der Waals surface area (Å²) >= 11 is 0. The second-order valence-electron chi connectivity index (χ2n) is 2.44. The highest BCUT2D eigenvalue weighted by Crippen LogP contribution is 2.13. The van der Waals surface area contributed by atoms with Gasteiger partial charge in [0.15, 0.2) is 0 Å².